The number of rotatable bonds is 2. The zero-order valence-electron chi connectivity index (χ0n) is 7.97. The fourth-order valence-electron chi connectivity index (χ4n) is 1.35. The highest BCUT2D eigenvalue weighted by atomic mass is 16.3. The lowest BCUT2D eigenvalue weighted by atomic mass is 10.1. The van der Waals surface area contributed by atoms with Crippen LogP contribution in [0.1, 0.15) is 11.3 Å². The molecule has 1 aromatic heterocycles. The molecular weight excluding hydrogens is 192 g/mol. The van der Waals surface area contributed by atoms with E-state index in [9.17, 15) is 9.90 Å². The number of H-pyrrole nitrogens is 1. The second-order valence-electron chi connectivity index (χ2n) is 3.26. The zero-order valence-corrected chi connectivity index (χ0v) is 7.97. The molecule has 0 saturated carbocycles. The van der Waals surface area contributed by atoms with Gasteiger partial charge in [0.15, 0.2) is 0 Å². The van der Waals surface area contributed by atoms with E-state index < -0.39 is 0 Å². The van der Waals surface area contributed by atoms with Crippen molar-refractivity contribution in [3.63, 3.8) is 0 Å². The van der Waals surface area contributed by atoms with Crippen molar-refractivity contribution in [3.8, 4) is 5.75 Å². The van der Waals surface area contributed by atoms with Gasteiger partial charge in [0.2, 0.25) is 0 Å². The minimum atomic E-state index is -0.213. The summed E-state index contributed by atoms with van der Waals surface area (Å²) in [6.45, 7) is 0. The first-order valence-corrected chi connectivity index (χ1v) is 4.56. The summed E-state index contributed by atoms with van der Waals surface area (Å²) in [7, 11) is 0. The van der Waals surface area contributed by atoms with Crippen molar-refractivity contribution in [2.24, 2.45) is 0 Å². The Balaban J connectivity index is 2.22. The Kier molecular flexibility index (Phi) is 2.49. The van der Waals surface area contributed by atoms with Gasteiger partial charge in [-0.25, -0.2) is 5.10 Å². The van der Waals surface area contributed by atoms with Gasteiger partial charge in [-0.1, -0.05) is 12.1 Å². The second kappa shape index (κ2) is 3.96. The maximum atomic E-state index is 10.8. The monoisotopic (exact) mass is 202 g/mol. The molecule has 76 valence electrons. The molecule has 0 amide bonds. The van der Waals surface area contributed by atoms with Crippen LogP contribution < -0.4 is 5.56 Å². The first-order chi connectivity index (χ1) is 7.24. The Morgan fingerprint density at radius 1 is 1.27 bits per heavy atom. The molecule has 15 heavy (non-hydrogen) atoms. The number of aromatic nitrogens is 2. The summed E-state index contributed by atoms with van der Waals surface area (Å²) in [6, 6.07) is 10.1. The van der Waals surface area contributed by atoms with E-state index >= 15 is 0 Å². The molecule has 4 nitrogen and oxygen atoms in total. The van der Waals surface area contributed by atoms with Crippen LogP contribution in [0.2, 0.25) is 0 Å². The third kappa shape index (κ3) is 2.43. The van der Waals surface area contributed by atoms with E-state index in [0.717, 1.165) is 11.3 Å². The van der Waals surface area contributed by atoms with Crippen LogP contribution in [-0.2, 0) is 6.42 Å². The minimum Gasteiger partial charge on any atom is -0.508 e. The van der Waals surface area contributed by atoms with Gasteiger partial charge in [-0.15, -0.1) is 0 Å². The number of phenols is 1. The van der Waals surface area contributed by atoms with Gasteiger partial charge in [-0.05, 0) is 23.8 Å². The van der Waals surface area contributed by atoms with Crippen molar-refractivity contribution in [3.05, 3.63) is 58.0 Å². The largest absolute Gasteiger partial charge is 0.508 e. The average Bonchev–Trinajstić information content (AvgIpc) is 2.22. The molecule has 0 saturated heterocycles. The van der Waals surface area contributed by atoms with Crippen LogP contribution in [0.25, 0.3) is 0 Å². The molecule has 0 spiro atoms. The molecule has 0 aliphatic rings. The van der Waals surface area contributed by atoms with E-state index in [1.165, 1.54) is 6.07 Å². The third-order valence-corrected chi connectivity index (χ3v) is 2.03. The van der Waals surface area contributed by atoms with Crippen molar-refractivity contribution in [1.82, 2.24) is 10.2 Å². The van der Waals surface area contributed by atoms with E-state index in [0.29, 0.717) is 6.42 Å². The molecule has 1 heterocycles. The van der Waals surface area contributed by atoms with Gasteiger partial charge in [-0.2, -0.15) is 5.10 Å². The lowest BCUT2D eigenvalue weighted by Gasteiger charge is -2.00. The molecule has 2 aromatic rings. The van der Waals surface area contributed by atoms with E-state index in [4.69, 9.17) is 0 Å². The molecule has 0 fully saturated rings. The van der Waals surface area contributed by atoms with E-state index in [-0.39, 0.29) is 11.3 Å². The van der Waals surface area contributed by atoms with Gasteiger partial charge in [0.1, 0.15) is 5.75 Å². The number of nitrogens with one attached hydrogen (secondary N) is 1. The van der Waals surface area contributed by atoms with Crippen molar-refractivity contribution in [2.75, 3.05) is 0 Å². The van der Waals surface area contributed by atoms with Gasteiger partial charge < -0.3 is 5.11 Å². The summed E-state index contributed by atoms with van der Waals surface area (Å²) in [4.78, 5) is 10.8. The van der Waals surface area contributed by atoms with Crippen molar-refractivity contribution >= 4 is 0 Å². The van der Waals surface area contributed by atoms with Gasteiger partial charge in [-0.3, -0.25) is 4.79 Å². The summed E-state index contributed by atoms with van der Waals surface area (Å²) >= 11 is 0. The molecule has 0 aliphatic carbocycles. The second-order valence-corrected chi connectivity index (χ2v) is 3.26. The van der Waals surface area contributed by atoms with Crippen LogP contribution in [0.4, 0.5) is 0 Å². The quantitative estimate of drug-likeness (QED) is 0.765. The Morgan fingerprint density at radius 3 is 2.80 bits per heavy atom. The van der Waals surface area contributed by atoms with Crippen LogP contribution in [-0.4, -0.2) is 15.3 Å². The third-order valence-electron chi connectivity index (χ3n) is 2.03. The molecular formula is C11H10N2O2. The van der Waals surface area contributed by atoms with Crippen molar-refractivity contribution < 1.29 is 5.11 Å². The molecule has 0 radical (unpaired) electrons. The Labute approximate surface area is 86.2 Å². The van der Waals surface area contributed by atoms with Gasteiger partial charge in [0, 0.05) is 12.5 Å². The molecule has 0 aliphatic heterocycles. The summed E-state index contributed by atoms with van der Waals surface area (Å²) < 4.78 is 0. The topological polar surface area (TPSA) is 66.0 Å². The van der Waals surface area contributed by atoms with Crippen molar-refractivity contribution in [1.29, 1.82) is 0 Å². The zero-order chi connectivity index (χ0) is 10.7. The number of nitrogens with zero attached hydrogens (tertiary/aromatic N) is 1. The Hall–Kier alpha value is -2.10. The molecule has 1 aromatic carbocycles. The maximum absolute atomic E-state index is 10.8. The lowest BCUT2D eigenvalue weighted by Crippen LogP contribution is -2.07. The fourth-order valence-corrected chi connectivity index (χ4v) is 1.35. The number of aromatic amines is 1. The molecule has 0 atom stereocenters. The SMILES string of the molecule is O=c1ccc(Cc2cccc(O)c2)n[nH]1. The number of phenolic OH excluding ortho intramolecular Hbond substituents is 1. The van der Waals surface area contributed by atoms with E-state index in [2.05, 4.69) is 10.2 Å². The molecule has 2 N–H and O–H groups in total. The summed E-state index contributed by atoms with van der Waals surface area (Å²) in [5, 5.41) is 15.5. The first kappa shape index (κ1) is 9.45. The molecule has 4 heteroatoms. The Morgan fingerprint density at radius 2 is 2.13 bits per heavy atom. The number of hydrogen-bond donors (Lipinski definition) is 2. The van der Waals surface area contributed by atoms with Crippen LogP contribution in [0.5, 0.6) is 5.75 Å². The van der Waals surface area contributed by atoms with Crippen molar-refractivity contribution in [2.45, 2.75) is 6.42 Å². The fraction of sp³-hybridized carbons (Fsp3) is 0.0909. The smallest absolute Gasteiger partial charge is 0.264 e. The van der Waals surface area contributed by atoms with Gasteiger partial charge in [0.25, 0.3) is 5.56 Å². The summed E-state index contributed by atoms with van der Waals surface area (Å²) in [5.41, 5.74) is 1.50. The molecule has 0 unspecified atom stereocenters. The predicted molar refractivity (Wildman–Crippen MR) is 55.8 cm³/mol. The van der Waals surface area contributed by atoms with Crippen LogP contribution in [0, 0.1) is 0 Å². The van der Waals surface area contributed by atoms with Gasteiger partial charge >= 0.3 is 0 Å². The molecule has 0 bridgehead atoms. The molecule has 2 rings (SSSR count). The van der Waals surface area contributed by atoms with Crippen LogP contribution in [0.3, 0.4) is 0 Å². The van der Waals surface area contributed by atoms with Crippen LogP contribution in [0.15, 0.2) is 41.2 Å². The van der Waals surface area contributed by atoms with E-state index in [1.54, 1.807) is 24.3 Å². The highest BCUT2D eigenvalue weighted by molar-refractivity contribution is 5.29. The lowest BCUT2D eigenvalue weighted by molar-refractivity contribution is 0.474. The highest BCUT2D eigenvalue weighted by Crippen LogP contribution is 2.13. The Bertz CT molecular complexity index is 499. The van der Waals surface area contributed by atoms with Crippen LogP contribution >= 0.6 is 0 Å². The average molecular weight is 202 g/mol. The van der Waals surface area contributed by atoms with Gasteiger partial charge in [0.05, 0.1) is 5.69 Å². The maximum Gasteiger partial charge on any atom is 0.264 e. The summed E-state index contributed by atoms with van der Waals surface area (Å²) in [6.07, 6.45) is 0.588. The highest BCUT2D eigenvalue weighted by Gasteiger charge is 1.98. The number of aromatic hydroxyl groups is 1. The summed E-state index contributed by atoms with van der Waals surface area (Å²) in [5.74, 6) is 0.233. The van der Waals surface area contributed by atoms with E-state index in [1.807, 2.05) is 6.07 Å². The first-order valence-electron chi connectivity index (χ1n) is 4.56. The number of benzene rings is 1. The number of hydrogen-bond acceptors (Lipinski definition) is 3. The normalized spacial score (nSPS) is 10.1. The standard InChI is InChI=1S/C11H10N2O2/c14-10-3-1-2-8(7-10)6-9-4-5-11(15)13-12-9/h1-5,7,14H,6H2,(H,13,15). The minimum absolute atomic E-state index is 0.213. The predicted octanol–water partition coefficient (Wildman–Crippen LogP) is 1.07.